The summed E-state index contributed by atoms with van der Waals surface area (Å²) in [4.78, 5) is 53.2. The molecule has 3 amide bonds. The van der Waals surface area contributed by atoms with E-state index in [2.05, 4.69) is 35.9 Å². The highest BCUT2D eigenvalue weighted by Gasteiger charge is 2.18. The van der Waals surface area contributed by atoms with Crippen molar-refractivity contribution in [2.24, 2.45) is 17.8 Å². The molecule has 10 heteroatoms. The van der Waals surface area contributed by atoms with Gasteiger partial charge in [-0.2, -0.15) is 9.97 Å². The van der Waals surface area contributed by atoms with Crippen LogP contribution in [-0.4, -0.2) is 37.7 Å². The second-order valence-electron chi connectivity index (χ2n) is 7.59. The molecule has 0 spiro atoms. The number of hydrogen-bond acceptors (Lipinski definition) is 7. The molecule has 0 aliphatic carbocycles. The number of carbonyl (C=O) groups excluding carboxylic acids is 3. The highest BCUT2D eigenvalue weighted by molar-refractivity contribution is 5.99. The first-order chi connectivity index (χ1) is 13.6. The van der Waals surface area contributed by atoms with Gasteiger partial charge in [-0.15, -0.1) is 0 Å². The normalized spacial score (nSPS) is 11.2. The van der Waals surface area contributed by atoms with Gasteiger partial charge in [0.2, 0.25) is 23.7 Å². The van der Waals surface area contributed by atoms with Gasteiger partial charge in [0.1, 0.15) is 0 Å². The lowest BCUT2D eigenvalue weighted by atomic mass is 10.2. The minimum atomic E-state index is -0.282. The van der Waals surface area contributed by atoms with E-state index in [4.69, 9.17) is 0 Å². The van der Waals surface area contributed by atoms with Gasteiger partial charge in [0.15, 0.2) is 17.0 Å². The van der Waals surface area contributed by atoms with Gasteiger partial charge in [-0.3, -0.25) is 19.7 Å². The molecular formula is C19H27N7O3. The summed E-state index contributed by atoms with van der Waals surface area (Å²) in [7, 11) is 0. The third kappa shape index (κ3) is 5.90. The van der Waals surface area contributed by atoms with Gasteiger partial charge in [0.25, 0.3) is 0 Å². The fraction of sp³-hybridized carbons (Fsp3) is 0.526. The van der Waals surface area contributed by atoms with Crippen molar-refractivity contribution >= 4 is 40.7 Å². The average Bonchev–Trinajstić information content (AvgIpc) is 2.65. The maximum Gasteiger partial charge on any atom is 0.233 e. The quantitative estimate of drug-likeness (QED) is 0.643. The van der Waals surface area contributed by atoms with E-state index in [1.807, 2.05) is 0 Å². The SMILES string of the molecule is CC(C)C(=O)NCc1cnc2nc(NC(=O)C(C)C)nc(NC(=O)C(C)C)c2n1. The molecule has 2 rings (SSSR count). The van der Waals surface area contributed by atoms with Crippen molar-refractivity contribution in [3.05, 3.63) is 11.9 Å². The fourth-order valence-electron chi connectivity index (χ4n) is 2.07. The number of rotatable bonds is 7. The van der Waals surface area contributed by atoms with Gasteiger partial charge in [0.05, 0.1) is 18.4 Å². The third-order valence-corrected chi connectivity index (χ3v) is 3.95. The lowest BCUT2D eigenvalue weighted by Crippen LogP contribution is -2.27. The number of hydrogen-bond donors (Lipinski definition) is 3. The minimum Gasteiger partial charge on any atom is -0.350 e. The van der Waals surface area contributed by atoms with E-state index in [1.165, 1.54) is 6.20 Å². The van der Waals surface area contributed by atoms with Crippen LogP contribution >= 0.6 is 0 Å². The molecular weight excluding hydrogens is 374 g/mol. The molecule has 29 heavy (non-hydrogen) atoms. The van der Waals surface area contributed by atoms with Crippen LogP contribution in [0.15, 0.2) is 6.20 Å². The molecule has 2 heterocycles. The number of amides is 3. The Bertz CT molecular complexity index is 925. The van der Waals surface area contributed by atoms with E-state index in [0.29, 0.717) is 5.69 Å². The van der Waals surface area contributed by atoms with Crippen LogP contribution in [0.1, 0.15) is 47.2 Å². The number of carbonyl (C=O) groups is 3. The molecule has 0 aliphatic rings. The number of nitrogens with zero attached hydrogens (tertiary/aromatic N) is 4. The minimum absolute atomic E-state index is 0.0328. The zero-order valence-corrected chi connectivity index (χ0v) is 17.5. The molecule has 0 aliphatic heterocycles. The van der Waals surface area contributed by atoms with Crippen molar-refractivity contribution in [1.29, 1.82) is 0 Å². The van der Waals surface area contributed by atoms with Gasteiger partial charge in [0, 0.05) is 17.8 Å². The zero-order valence-electron chi connectivity index (χ0n) is 17.5. The summed E-state index contributed by atoms with van der Waals surface area (Å²) in [5, 5.41) is 8.08. The molecule has 10 nitrogen and oxygen atoms in total. The van der Waals surface area contributed by atoms with Crippen molar-refractivity contribution in [3.8, 4) is 0 Å². The molecule has 0 bridgehead atoms. The van der Waals surface area contributed by atoms with Crippen LogP contribution in [0.3, 0.4) is 0 Å². The van der Waals surface area contributed by atoms with Crippen LogP contribution in [0, 0.1) is 17.8 Å². The molecule has 0 aromatic carbocycles. The summed E-state index contributed by atoms with van der Waals surface area (Å²) < 4.78 is 0. The largest absolute Gasteiger partial charge is 0.350 e. The van der Waals surface area contributed by atoms with Crippen molar-refractivity contribution in [3.63, 3.8) is 0 Å². The van der Waals surface area contributed by atoms with Crippen molar-refractivity contribution in [2.45, 2.75) is 48.1 Å². The van der Waals surface area contributed by atoms with Gasteiger partial charge in [-0.1, -0.05) is 41.5 Å². The summed E-state index contributed by atoms with van der Waals surface area (Å²) >= 11 is 0. The Labute approximate surface area is 169 Å². The molecule has 3 N–H and O–H groups in total. The van der Waals surface area contributed by atoms with E-state index in [9.17, 15) is 14.4 Å². The van der Waals surface area contributed by atoms with Crippen LogP contribution in [0.4, 0.5) is 11.8 Å². The maximum absolute atomic E-state index is 12.2. The van der Waals surface area contributed by atoms with E-state index in [1.54, 1.807) is 41.5 Å². The summed E-state index contributed by atoms with van der Waals surface area (Å²) in [5.74, 6) is -1.14. The monoisotopic (exact) mass is 401 g/mol. The highest BCUT2D eigenvalue weighted by Crippen LogP contribution is 2.20. The van der Waals surface area contributed by atoms with Crippen molar-refractivity contribution in [2.75, 3.05) is 10.6 Å². The van der Waals surface area contributed by atoms with Crippen LogP contribution in [-0.2, 0) is 20.9 Å². The Hall–Kier alpha value is -3.17. The summed E-state index contributed by atoms with van der Waals surface area (Å²) in [5.41, 5.74) is 0.990. The van der Waals surface area contributed by atoms with E-state index in [0.717, 1.165) is 0 Å². The lowest BCUT2D eigenvalue weighted by molar-refractivity contribution is -0.124. The second-order valence-corrected chi connectivity index (χ2v) is 7.59. The average molecular weight is 401 g/mol. The number of fused-ring (bicyclic) bond motifs is 1. The predicted octanol–water partition coefficient (Wildman–Crippen LogP) is 1.88. The topological polar surface area (TPSA) is 139 Å². The Kier molecular flexibility index (Phi) is 7.13. The van der Waals surface area contributed by atoms with Crippen LogP contribution in [0.5, 0.6) is 0 Å². The van der Waals surface area contributed by atoms with E-state index in [-0.39, 0.29) is 65.0 Å². The van der Waals surface area contributed by atoms with Crippen LogP contribution < -0.4 is 16.0 Å². The molecule has 2 aromatic rings. The van der Waals surface area contributed by atoms with Crippen LogP contribution in [0.2, 0.25) is 0 Å². The lowest BCUT2D eigenvalue weighted by Gasteiger charge is -2.13. The molecule has 156 valence electrons. The molecule has 2 aromatic heterocycles. The first-order valence-electron chi connectivity index (χ1n) is 9.51. The first-order valence-corrected chi connectivity index (χ1v) is 9.51. The molecule has 0 radical (unpaired) electrons. The van der Waals surface area contributed by atoms with Gasteiger partial charge >= 0.3 is 0 Å². The van der Waals surface area contributed by atoms with Gasteiger partial charge in [-0.25, -0.2) is 9.97 Å². The summed E-state index contributed by atoms with van der Waals surface area (Å²) in [6.07, 6.45) is 1.48. The molecule has 0 saturated heterocycles. The summed E-state index contributed by atoms with van der Waals surface area (Å²) in [6.45, 7) is 10.8. The maximum atomic E-state index is 12.2. The van der Waals surface area contributed by atoms with E-state index >= 15 is 0 Å². The molecule has 0 fully saturated rings. The van der Waals surface area contributed by atoms with Crippen LogP contribution in [0.25, 0.3) is 11.2 Å². The fourth-order valence-corrected chi connectivity index (χ4v) is 2.07. The second kappa shape index (κ2) is 9.35. The molecule has 0 saturated carbocycles. The van der Waals surface area contributed by atoms with Crippen molar-refractivity contribution < 1.29 is 14.4 Å². The highest BCUT2D eigenvalue weighted by atomic mass is 16.2. The van der Waals surface area contributed by atoms with Crippen molar-refractivity contribution in [1.82, 2.24) is 25.3 Å². The Morgan fingerprint density at radius 1 is 0.828 bits per heavy atom. The zero-order chi connectivity index (χ0) is 21.7. The number of nitrogens with one attached hydrogen (secondary N) is 3. The van der Waals surface area contributed by atoms with Gasteiger partial charge < -0.3 is 10.6 Å². The Morgan fingerprint density at radius 3 is 2.00 bits per heavy atom. The Balaban J connectivity index is 2.42. The standard InChI is InChI=1S/C19H27N7O3/c1-9(2)16(27)21-8-12-7-20-14-13(22-12)15(23-17(28)10(3)4)25-19(24-14)26-18(29)11(5)6/h7,9-11H,8H2,1-6H3,(H,21,27)(H2,20,23,24,25,26,28,29). The summed E-state index contributed by atoms with van der Waals surface area (Å²) in [6, 6.07) is 0. The predicted molar refractivity (Wildman–Crippen MR) is 109 cm³/mol. The third-order valence-electron chi connectivity index (χ3n) is 3.95. The van der Waals surface area contributed by atoms with E-state index < -0.39 is 0 Å². The molecule has 0 atom stereocenters. The number of anilines is 2. The molecule has 0 unspecified atom stereocenters. The Morgan fingerprint density at radius 2 is 1.41 bits per heavy atom. The van der Waals surface area contributed by atoms with Gasteiger partial charge in [-0.05, 0) is 0 Å². The number of aromatic nitrogens is 4. The smallest absolute Gasteiger partial charge is 0.233 e. The first kappa shape index (κ1) is 22.1.